The number of hydrogen-bond acceptors (Lipinski definition) is 4. The molecule has 1 saturated carbocycles. The van der Waals surface area contributed by atoms with E-state index in [1.54, 1.807) is 37.2 Å². The van der Waals surface area contributed by atoms with Crippen LogP contribution in [0.3, 0.4) is 0 Å². The van der Waals surface area contributed by atoms with Gasteiger partial charge in [0.1, 0.15) is 0 Å². The van der Waals surface area contributed by atoms with E-state index in [9.17, 15) is 9.90 Å². The predicted octanol–water partition coefficient (Wildman–Crippen LogP) is 1.71. The quantitative estimate of drug-likeness (QED) is 0.825. The first-order valence-electron chi connectivity index (χ1n) is 7.08. The molecule has 0 aromatic carbocycles. The van der Waals surface area contributed by atoms with Gasteiger partial charge in [-0.25, -0.2) is 4.98 Å². The Bertz CT molecular complexity index is 441. The van der Waals surface area contributed by atoms with Crippen molar-refractivity contribution in [2.45, 2.75) is 32.3 Å². The van der Waals surface area contributed by atoms with E-state index in [2.05, 4.69) is 4.98 Å². The Kier molecular flexibility index (Phi) is 4.95. The lowest BCUT2D eigenvalue weighted by molar-refractivity contribution is 0.0768. The molecular formula is C15H22N2O3. The van der Waals surface area contributed by atoms with Crippen LogP contribution in [0.1, 0.15) is 36.5 Å². The van der Waals surface area contributed by atoms with Gasteiger partial charge in [-0.2, -0.15) is 0 Å². The van der Waals surface area contributed by atoms with Crippen molar-refractivity contribution < 1.29 is 14.6 Å². The molecule has 0 aliphatic heterocycles. The lowest BCUT2D eigenvalue weighted by atomic mass is 10.2. The summed E-state index contributed by atoms with van der Waals surface area (Å²) in [7, 11) is 1.72. The zero-order valence-electron chi connectivity index (χ0n) is 12.1. The van der Waals surface area contributed by atoms with Crippen molar-refractivity contribution in [3.8, 4) is 5.88 Å². The van der Waals surface area contributed by atoms with Gasteiger partial charge >= 0.3 is 0 Å². The van der Waals surface area contributed by atoms with E-state index >= 15 is 0 Å². The first kappa shape index (κ1) is 14.8. The number of rotatable bonds is 7. The molecule has 1 fully saturated rings. The minimum Gasteiger partial charge on any atom is -0.477 e. The van der Waals surface area contributed by atoms with Crippen LogP contribution >= 0.6 is 0 Å². The van der Waals surface area contributed by atoms with E-state index in [-0.39, 0.29) is 5.91 Å². The normalized spacial score (nSPS) is 15.8. The first-order valence-corrected chi connectivity index (χ1v) is 7.08. The number of ether oxygens (including phenoxy) is 1. The zero-order chi connectivity index (χ0) is 14.5. The number of aromatic nitrogens is 1. The van der Waals surface area contributed by atoms with Gasteiger partial charge in [-0.1, -0.05) is 0 Å². The van der Waals surface area contributed by atoms with E-state index in [4.69, 9.17) is 4.74 Å². The van der Waals surface area contributed by atoms with Gasteiger partial charge in [-0.05, 0) is 38.2 Å². The van der Waals surface area contributed by atoms with E-state index in [1.807, 2.05) is 0 Å². The minimum atomic E-state index is -0.401. The summed E-state index contributed by atoms with van der Waals surface area (Å²) in [4.78, 5) is 17.9. The standard InChI is InChI=1S/C15H22N2O3/c1-11(18)7-8-17(2)15(19)13-5-6-14(16-9-13)20-10-12-3-4-12/h5-6,9,11-12,18H,3-4,7-8,10H2,1-2H3. The van der Waals surface area contributed by atoms with Gasteiger partial charge in [0, 0.05) is 25.9 Å². The van der Waals surface area contributed by atoms with Crippen molar-refractivity contribution in [2.24, 2.45) is 5.92 Å². The third-order valence-corrected chi connectivity index (χ3v) is 3.38. The van der Waals surface area contributed by atoms with Crippen molar-refractivity contribution in [3.05, 3.63) is 23.9 Å². The highest BCUT2D eigenvalue weighted by molar-refractivity contribution is 5.93. The van der Waals surface area contributed by atoms with Gasteiger partial charge < -0.3 is 14.7 Å². The minimum absolute atomic E-state index is 0.0908. The summed E-state index contributed by atoms with van der Waals surface area (Å²) >= 11 is 0. The topological polar surface area (TPSA) is 62.7 Å². The fourth-order valence-electron chi connectivity index (χ4n) is 1.78. The van der Waals surface area contributed by atoms with Gasteiger partial charge in [-0.15, -0.1) is 0 Å². The van der Waals surface area contributed by atoms with Crippen LogP contribution in [0.25, 0.3) is 0 Å². The Labute approximate surface area is 119 Å². The number of aliphatic hydroxyl groups excluding tert-OH is 1. The molecule has 0 bridgehead atoms. The highest BCUT2D eigenvalue weighted by Crippen LogP contribution is 2.29. The molecule has 0 saturated heterocycles. The molecule has 1 unspecified atom stereocenters. The van der Waals surface area contributed by atoms with Gasteiger partial charge in [0.05, 0.1) is 18.3 Å². The van der Waals surface area contributed by atoms with Crippen LogP contribution in [-0.4, -0.2) is 47.2 Å². The average Bonchev–Trinajstić information content (AvgIpc) is 3.26. The highest BCUT2D eigenvalue weighted by Gasteiger charge is 2.22. The Morgan fingerprint density at radius 2 is 2.30 bits per heavy atom. The lowest BCUT2D eigenvalue weighted by Crippen LogP contribution is -2.29. The van der Waals surface area contributed by atoms with Gasteiger partial charge in [0.15, 0.2) is 0 Å². The maximum absolute atomic E-state index is 12.1. The summed E-state index contributed by atoms with van der Waals surface area (Å²) in [5, 5.41) is 9.23. The van der Waals surface area contributed by atoms with Crippen molar-refractivity contribution in [1.29, 1.82) is 0 Å². The van der Waals surface area contributed by atoms with Crippen molar-refractivity contribution in [3.63, 3.8) is 0 Å². The van der Waals surface area contributed by atoms with Crippen LogP contribution < -0.4 is 4.74 Å². The molecule has 0 spiro atoms. The molecule has 1 aromatic rings. The molecule has 110 valence electrons. The summed E-state index contributed by atoms with van der Waals surface area (Å²) in [6.45, 7) is 2.96. The van der Waals surface area contributed by atoms with Crippen LogP contribution in [0.4, 0.5) is 0 Å². The number of carbonyl (C=O) groups is 1. The first-order chi connectivity index (χ1) is 9.56. The fraction of sp³-hybridized carbons (Fsp3) is 0.600. The molecule has 2 rings (SSSR count). The SMILES string of the molecule is CC(O)CCN(C)C(=O)c1ccc(OCC2CC2)nc1. The van der Waals surface area contributed by atoms with E-state index in [0.29, 0.717) is 36.9 Å². The second-order valence-electron chi connectivity index (χ2n) is 5.50. The smallest absolute Gasteiger partial charge is 0.255 e. The highest BCUT2D eigenvalue weighted by atomic mass is 16.5. The molecule has 5 heteroatoms. The molecule has 20 heavy (non-hydrogen) atoms. The molecule has 5 nitrogen and oxygen atoms in total. The van der Waals surface area contributed by atoms with Gasteiger partial charge in [0.25, 0.3) is 5.91 Å². The molecule has 1 N–H and O–H groups in total. The summed E-state index contributed by atoms with van der Waals surface area (Å²) in [6.07, 6.45) is 4.19. The Morgan fingerprint density at radius 3 is 2.85 bits per heavy atom. The van der Waals surface area contributed by atoms with Crippen LogP contribution in [0.5, 0.6) is 5.88 Å². The van der Waals surface area contributed by atoms with Crippen molar-refractivity contribution in [2.75, 3.05) is 20.2 Å². The summed E-state index contributed by atoms with van der Waals surface area (Å²) in [5.41, 5.74) is 0.539. The molecule has 1 atom stereocenters. The van der Waals surface area contributed by atoms with Crippen molar-refractivity contribution in [1.82, 2.24) is 9.88 Å². The second-order valence-corrected chi connectivity index (χ2v) is 5.50. The van der Waals surface area contributed by atoms with Gasteiger partial charge in [-0.3, -0.25) is 4.79 Å². The van der Waals surface area contributed by atoms with Crippen LogP contribution in [0, 0.1) is 5.92 Å². The summed E-state index contributed by atoms with van der Waals surface area (Å²) in [6, 6.07) is 3.47. The molecule has 1 amide bonds. The molecule has 0 radical (unpaired) electrons. The number of amides is 1. The van der Waals surface area contributed by atoms with Crippen LogP contribution in [0.2, 0.25) is 0 Å². The Morgan fingerprint density at radius 1 is 1.55 bits per heavy atom. The molecule has 1 aliphatic carbocycles. The number of nitrogens with zero attached hydrogens (tertiary/aromatic N) is 2. The summed E-state index contributed by atoms with van der Waals surface area (Å²) in [5.74, 6) is 1.16. The molecular weight excluding hydrogens is 256 g/mol. The lowest BCUT2D eigenvalue weighted by Gasteiger charge is -2.18. The number of pyridine rings is 1. The van der Waals surface area contributed by atoms with Crippen molar-refractivity contribution >= 4 is 5.91 Å². The third-order valence-electron chi connectivity index (χ3n) is 3.38. The largest absolute Gasteiger partial charge is 0.477 e. The van der Waals surface area contributed by atoms with Gasteiger partial charge in [0.2, 0.25) is 5.88 Å². The number of aliphatic hydroxyl groups is 1. The number of carbonyl (C=O) groups excluding carboxylic acids is 1. The molecule has 1 aliphatic rings. The second kappa shape index (κ2) is 6.70. The molecule has 1 heterocycles. The Balaban J connectivity index is 1.85. The predicted molar refractivity (Wildman–Crippen MR) is 75.7 cm³/mol. The van der Waals surface area contributed by atoms with E-state index in [0.717, 1.165) is 0 Å². The fourth-order valence-corrected chi connectivity index (χ4v) is 1.78. The van der Waals surface area contributed by atoms with E-state index in [1.165, 1.54) is 12.8 Å². The zero-order valence-corrected chi connectivity index (χ0v) is 12.1. The molecule has 1 aromatic heterocycles. The summed E-state index contributed by atoms with van der Waals surface area (Å²) < 4.78 is 5.54. The van der Waals surface area contributed by atoms with Crippen LogP contribution in [0.15, 0.2) is 18.3 Å². The average molecular weight is 278 g/mol. The maximum atomic E-state index is 12.1. The number of hydrogen-bond donors (Lipinski definition) is 1. The van der Waals surface area contributed by atoms with Crippen LogP contribution in [-0.2, 0) is 0 Å². The third kappa shape index (κ3) is 4.49. The monoisotopic (exact) mass is 278 g/mol. The Hall–Kier alpha value is -1.62. The maximum Gasteiger partial charge on any atom is 0.255 e. The van der Waals surface area contributed by atoms with E-state index < -0.39 is 6.10 Å².